The molecule has 0 radical (unpaired) electrons. The van der Waals surface area contributed by atoms with E-state index in [1.807, 2.05) is 11.4 Å². The van der Waals surface area contributed by atoms with Crippen LogP contribution in [-0.2, 0) is 5.75 Å². The van der Waals surface area contributed by atoms with Gasteiger partial charge >= 0.3 is 0 Å². The molecule has 0 aliphatic rings. The van der Waals surface area contributed by atoms with Crippen LogP contribution in [0.3, 0.4) is 0 Å². The second-order valence-electron chi connectivity index (χ2n) is 3.70. The first-order valence-electron chi connectivity index (χ1n) is 5.81. The molecule has 9 heteroatoms. The zero-order valence-electron chi connectivity index (χ0n) is 10.5. The maximum atomic E-state index is 11.8. The Hall–Kier alpha value is -0.900. The second-order valence-corrected chi connectivity index (χ2v) is 8.33. The highest BCUT2D eigenvalue weighted by Gasteiger charge is 2.08. The van der Waals surface area contributed by atoms with E-state index >= 15 is 0 Å². The molecule has 0 aliphatic heterocycles. The molecule has 0 amide bonds. The number of aromatic amines is 1. The number of thioether (sulfide) groups is 2. The van der Waals surface area contributed by atoms with E-state index in [4.69, 9.17) is 0 Å². The lowest BCUT2D eigenvalue weighted by Gasteiger charge is -1.98. The second kappa shape index (κ2) is 6.25. The molecule has 20 heavy (non-hydrogen) atoms. The Morgan fingerprint density at radius 1 is 1.30 bits per heavy atom. The van der Waals surface area contributed by atoms with E-state index in [0.29, 0.717) is 16.3 Å². The lowest BCUT2D eigenvalue weighted by Crippen LogP contribution is -2.09. The molecule has 3 heterocycles. The van der Waals surface area contributed by atoms with Gasteiger partial charge < -0.3 is 4.98 Å². The van der Waals surface area contributed by atoms with Crippen molar-refractivity contribution in [2.24, 2.45) is 0 Å². The Kier molecular flexibility index (Phi) is 4.39. The average molecular weight is 342 g/mol. The zero-order chi connectivity index (χ0) is 13.9. The van der Waals surface area contributed by atoms with Crippen molar-refractivity contribution in [2.75, 3.05) is 5.75 Å². The van der Waals surface area contributed by atoms with Crippen LogP contribution in [0.1, 0.15) is 12.7 Å². The summed E-state index contributed by atoms with van der Waals surface area (Å²) < 4.78 is 2.55. The first-order valence-corrected chi connectivity index (χ1v) is 9.48. The van der Waals surface area contributed by atoms with Gasteiger partial charge in [-0.15, -0.1) is 21.5 Å². The summed E-state index contributed by atoms with van der Waals surface area (Å²) in [5, 5.41) is 10.1. The van der Waals surface area contributed by atoms with Gasteiger partial charge in [0.25, 0.3) is 5.56 Å². The minimum absolute atomic E-state index is 0.0694. The van der Waals surface area contributed by atoms with E-state index in [0.717, 1.165) is 19.9 Å². The van der Waals surface area contributed by atoms with E-state index in [1.54, 1.807) is 34.9 Å². The Bertz CT molecular complexity index is 778. The van der Waals surface area contributed by atoms with Gasteiger partial charge in [-0.05, 0) is 17.2 Å². The van der Waals surface area contributed by atoms with Gasteiger partial charge in [0.2, 0.25) is 0 Å². The molecule has 3 rings (SSSR count). The summed E-state index contributed by atoms with van der Waals surface area (Å²) in [4.78, 5) is 19.1. The zero-order valence-corrected chi connectivity index (χ0v) is 13.7. The molecule has 5 nitrogen and oxygen atoms in total. The topological polar surface area (TPSA) is 71.5 Å². The SMILES string of the molecule is CCSc1nnc(SCc2nc3ccsc3c(=O)[nH]2)s1. The van der Waals surface area contributed by atoms with Crippen LogP contribution in [0, 0.1) is 0 Å². The minimum Gasteiger partial charge on any atom is -0.309 e. The molecule has 3 aromatic rings. The third-order valence-corrected chi connectivity index (χ3v) is 6.34. The maximum absolute atomic E-state index is 11.8. The van der Waals surface area contributed by atoms with Gasteiger partial charge in [0, 0.05) is 0 Å². The summed E-state index contributed by atoms with van der Waals surface area (Å²) in [5.41, 5.74) is 0.689. The Morgan fingerprint density at radius 3 is 2.90 bits per heavy atom. The Morgan fingerprint density at radius 2 is 2.10 bits per heavy atom. The van der Waals surface area contributed by atoms with E-state index < -0.39 is 0 Å². The molecule has 104 valence electrons. The van der Waals surface area contributed by atoms with Gasteiger partial charge in [-0.25, -0.2) is 4.98 Å². The van der Waals surface area contributed by atoms with Gasteiger partial charge in [-0.2, -0.15) is 0 Å². The number of H-pyrrole nitrogens is 1. The number of nitrogens with zero attached hydrogens (tertiary/aromatic N) is 3. The minimum atomic E-state index is -0.0694. The maximum Gasteiger partial charge on any atom is 0.268 e. The highest BCUT2D eigenvalue weighted by molar-refractivity contribution is 8.02. The summed E-state index contributed by atoms with van der Waals surface area (Å²) in [7, 11) is 0. The van der Waals surface area contributed by atoms with Crippen molar-refractivity contribution in [3.63, 3.8) is 0 Å². The molecule has 0 fully saturated rings. The highest BCUT2D eigenvalue weighted by atomic mass is 32.2. The molecule has 0 saturated heterocycles. The van der Waals surface area contributed by atoms with Crippen molar-refractivity contribution in [3.05, 3.63) is 27.6 Å². The van der Waals surface area contributed by atoms with E-state index in [1.165, 1.54) is 11.3 Å². The van der Waals surface area contributed by atoms with Gasteiger partial charge in [-0.1, -0.05) is 41.8 Å². The van der Waals surface area contributed by atoms with Crippen LogP contribution in [0.5, 0.6) is 0 Å². The van der Waals surface area contributed by atoms with Crippen molar-refractivity contribution >= 4 is 56.4 Å². The number of nitrogens with one attached hydrogen (secondary N) is 1. The van der Waals surface area contributed by atoms with Crippen LogP contribution >= 0.6 is 46.2 Å². The number of hydrogen-bond donors (Lipinski definition) is 1. The van der Waals surface area contributed by atoms with Crippen LogP contribution in [0.2, 0.25) is 0 Å². The highest BCUT2D eigenvalue weighted by Crippen LogP contribution is 2.30. The van der Waals surface area contributed by atoms with Crippen molar-refractivity contribution in [3.8, 4) is 0 Å². The molecule has 0 atom stereocenters. The van der Waals surface area contributed by atoms with E-state index in [9.17, 15) is 4.79 Å². The Balaban J connectivity index is 1.74. The molecule has 0 aliphatic carbocycles. The van der Waals surface area contributed by atoms with Crippen LogP contribution in [0.4, 0.5) is 0 Å². The summed E-state index contributed by atoms with van der Waals surface area (Å²) in [6.07, 6.45) is 0. The van der Waals surface area contributed by atoms with Gasteiger partial charge in [-0.3, -0.25) is 4.79 Å². The molecule has 0 saturated carbocycles. The first-order chi connectivity index (χ1) is 9.76. The summed E-state index contributed by atoms with van der Waals surface area (Å²) in [6, 6.07) is 1.87. The van der Waals surface area contributed by atoms with Crippen molar-refractivity contribution in [1.29, 1.82) is 0 Å². The largest absolute Gasteiger partial charge is 0.309 e. The summed E-state index contributed by atoms with van der Waals surface area (Å²) in [5.74, 6) is 2.25. The van der Waals surface area contributed by atoms with E-state index in [2.05, 4.69) is 27.1 Å². The third-order valence-electron chi connectivity index (χ3n) is 2.35. The molecule has 0 bridgehead atoms. The standard InChI is InChI=1S/C11H10N4OS4/c1-2-17-10-14-15-11(20-10)19-5-7-12-6-3-4-18-8(6)9(16)13-7/h3-4H,2,5H2,1H3,(H,12,13,16). The fraction of sp³-hybridized carbons (Fsp3) is 0.273. The quantitative estimate of drug-likeness (QED) is 0.718. The van der Waals surface area contributed by atoms with Crippen LogP contribution < -0.4 is 5.56 Å². The smallest absolute Gasteiger partial charge is 0.268 e. The van der Waals surface area contributed by atoms with Gasteiger partial charge in [0.05, 0.1) is 11.3 Å². The number of thiophene rings is 1. The van der Waals surface area contributed by atoms with Gasteiger partial charge in [0.15, 0.2) is 8.68 Å². The number of hydrogen-bond acceptors (Lipinski definition) is 8. The van der Waals surface area contributed by atoms with E-state index in [-0.39, 0.29) is 5.56 Å². The lowest BCUT2D eigenvalue weighted by molar-refractivity contribution is 0.952. The molecule has 1 N–H and O–H groups in total. The first kappa shape index (κ1) is 14.1. The van der Waals surface area contributed by atoms with Crippen LogP contribution in [0.15, 0.2) is 24.9 Å². The number of aromatic nitrogens is 4. The number of rotatable bonds is 5. The monoisotopic (exact) mass is 342 g/mol. The predicted octanol–water partition coefficient (Wildman–Crippen LogP) is 3.24. The van der Waals surface area contributed by atoms with Crippen molar-refractivity contribution < 1.29 is 0 Å². The summed E-state index contributed by atoms with van der Waals surface area (Å²) in [6.45, 7) is 2.09. The Labute approximate surface area is 131 Å². The fourth-order valence-corrected chi connectivity index (χ4v) is 5.07. The molecular weight excluding hydrogens is 332 g/mol. The molecule has 0 unspecified atom stereocenters. The fourth-order valence-electron chi connectivity index (χ4n) is 1.56. The molecular formula is C11H10N4OS4. The van der Waals surface area contributed by atoms with Gasteiger partial charge in [0.1, 0.15) is 10.5 Å². The lowest BCUT2D eigenvalue weighted by atomic mass is 10.4. The van der Waals surface area contributed by atoms with Crippen molar-refractivity contribution in [1.82, 2.24) is 20.2 Å². The van der Waals surface area contributed by atoms with Crippen LogP contribution in [0.25, 0.3) is 10.2 Å². The predicted molar refractivity (Wildman–Crippen MR) is 86.1 cm³/mol. The van der Waals surface area contributed by atoms with Crippen LogP contribution in [-0.4, -0.2) is 25.9 Å². The number of fused-ring (bicyclic) bond motifs is 1. The molecule has 3 aromatic heterocycles. The molecule has 0 aromatic carbocycles. The summed E-state index contributed by atoms with van der Waals surface area (Å²) >= 11 is 6.21. The third kappa shape index (κ3) is 3.05. The normalized spacial score (nSPS) is 11.2. The van der Waals surface area contributed by atoms with Crippen molar-refractivity contribution in [2.45, 2.75) is 21.4 Å². The average Bonchev–Trinajstić information content (AvgIpc) is 3.06. The molecule has 0 spiro atoms.